The Morgan fingerprint density at radius 1 is 1.15 bits per heavy atom. The number of carboxylic acids is 1. The van der Waals surface area contributed by atoms with E-state index >= 15 is 0 Å². The van der Waals surface area contributed by atoms with Crippen molar-refractivity contribution in [2.45, 2.75) is 50.8 Å². The molecule has 0 aliphatic carbocycles. The summed E-state index contributed by atoms with van der Waals surface area (Å²) in [5.41, 5.74) is 0.740. The van der Waals surface area contributed by atoms with Gasteiger partial charge in [-0.2, -0.15) is 0 Å². The van der Waals surface area contributed by atoms with E-state index in [1.807, 2.05) is 6.92 Å². The molecule has 1 aromatic rings. The molecule has 0 fully saturated rings. The van der Waals surface area contributed by atoms with Crippen molar-refractivity contribution < 1.29 is 18.3 Å². The van der Waals surface area contributed by atoms with Crippen molar-refractivity contribution in [2.75, 3.05) is 5.75 Å². The second kappa shape index (κ2) is 7.43. The molecule has 1 aromatic carbocycles. The largest absolute Gasteiger partial charge is 0.478 e. The Hall–Kier alpha value is -1.36. The van der Waals surface area contributed by atoms with Crippen LogP contribution in [0.2, 0.25) is 0 Å². The first-order valence-electron chi connectivity index (χ1n) is 7.01. The SMILES string of the molecule is CCCCCCS(=O)(=O)c1ccc(CC)c(C(=O)O)c1. The molecule has 0 aliphatic rings. The number of hydrogen-bond acceptors (Lipinski definition) is 3. The normalized spacial score (nSPS) is 11.5. The second-order valence-corrected chi connectivity index (χ2v) is 6.97. The minimum absolute atomic E-state index is 0.0809. The van der Waals surface area contributed by atoms with Crippen molar-refractivity contribution >= 4 is 15.8 Å². The van der Waals surface area contributed by atoms with Gasteiger partial charge in [-0.3, -0.25) is 0 Å². The van der Waals surface area contributed by atoms with Crippen LogP contribution >= 0.6 is 0 Å². The smallest absolute Gasteiger partial charge is 0.336 e. The first kappa shape index (κ1) is 16.7. The zero-order valence-corrected chi connectivity index (χ0v) is 12.9. The summed E-state index contributed by atoms with van der Waals surface area (Å²) in [5, 5.41) is 9.14. The average Bonchev–Trinajstić information content (AvgIpc) is 2.42. The Balaban J connectivity index is 2.95. The Kier molecular flexibility index (Phi) is 6.20. The van der Waals surface area contributed by atoms with Crippen LogP contribution in [0.15, 0.2) is 23.1 Å². The van der Waals surface area contributed by atoms with E-state index in [0.29, 0.717) is 18.4 Å². The van der Waals surface area contributed by atoms with Crippen LogP contribution in [0.1, 0.15) is 55.5 Å². The number of carbonyl (C=O) groups is 1. The number of carboxylic acid groups (broad SMARTS) is 1. The first-order chi connectivity index (χ1) is 9.42. The van der Waals surface area contributed by atoms with Crippen molar-refractivity contribution in [1.29, 1.82) is 0 Å². The molecule has 1 rings (SSSR count). The zero-order chi connectivity index (χ0) is 15.2. The minimum Gasteiger partial charge on any atom is -0.478 e. The van der Waals surface area contributed by atoms with Gasteiger partial charge in [0.15, 0.2) is 9.84 Å². The van der Waals surface area contributed by atoms with Crippen LogP contribution in [0.5, 0.6) is 0 Å². The lowest BCUT2D eigenvalue weighted by molar-refractivity contribution is 0.0695. The standard InChI is InChI=1S/C15H22O4S/c1-3-5-6-7-10-20(18,19)13-9-8-12(4-2)14(11-13)15(16)17/h8-9,11H,3-7,10H2,1-2H3,(H,16,17). The lowest BCUT2D eigenvalue weighted by Crippen LogP contribution is -2.10. The van der Waals surface area contributed by atoms with Gasteiger partial charge in [0.25, 0.3) is 0 Å². The third kappa shape index (κ3) is 4.34. The summed E-state index contributed by atoms with van der Waals surface area (Å²) >= 11 is 0. The molecule has 20 heavy (non-hydrogen) atoms. The Morgan fingerprint density at radius 3 is 2.40 bits per heavy atom. The molecule has 0 saturated carbocycles. The van der Waals surface area contributed by atoms with E-state index in [2.05, 4.69) is 6.92 Å². The van der Waals surface area contributed by atoms with E-state index < -0.39 is 15.8 Å². The van der Waals surface area contributed by atoms with E-state index in [9.17, 15) is 13.2 Å². The summed E-state index contributed by atoms with van der Waals surface area (Å²) in [5.74, 6) is -0.998. The van der Waals surface area contributed by atoms with E-state index in [1.54, 1.807) is 6.07 Å². The van der Waals surface area contributed by atoms with E-state index in [0.717, 1.165) is 19.3 Å². The van der Waals surface area contributed by atoms with Crippen LogP contribution in [0, 0.1) is 0 Å². The minimum atomic E-state index is -3.39. The Labute approximate surface area is 120 Å². The van der Waals surface area contributed by atoms with Crippen molar-refractivity contribution in [2.24, 2.45) is 0 Å². The summed E-state index contributed by atoms with van der Waals surface area (Å²) in [7, 11) is -3.39. The van der Waals surface area contributed by atoms with Gasteiger partial charge in [-0.1, -0.05) is 39.2 Å². The topological polar surface area (TPSA) is 71.4 Å². The third-order valence-corrected chi connectivity index (χ3v) is 5.12. The van der Waals surface area contributed by atoms with Crippen LogP contribution in [0.3, 0.4) is 0 Å². The molecule has 0 bridgehead atoms. The predicted molar refractivity (Wildman–Crippen MR) is 79.0 cm³/mol. The lowest BCUT2D eigenvalue weighted by Gasteiger charge is -2.08. The molecule has 0 saturated heterocycles. The molecule has 4 nitrogen and oxygen atoms in total. The van der Waals surface area contributed by atoms with Crippen molar-refractivity contribution in [3.8, 4) is 0 Å². The summed E-state index contributed by atoms with van der Waals surface area (Å²) in [6.07, 6.45) is 4.14. The Bertz CT molecular complexity index is 561. The summed E-state index contributed by atoms with van der Waals surface area (Å²) in [6, 6.07) is 4.40. The van der Waals surface area contributed by atoms with Crippen molar-refractivity contribution in [3.63, 3.8) is 0 Å². The van der Waals surface area contributed by atoms with Crippen LogP contribution in [0.4, 0.5) is 0 Å². The molecule has 0 aliphatic heterocycles. The van der Waals surface area contributed by atoms with Crippen LogP contribution in [-0.2, 0) is 16.3 Å². The molecule has 0 amide bonds. The quantitative estimate of drug-likeness (QED) is 0.747. The summed E-state index contributed by atoms with van der Waals surface area (Å²) in [4.78, 5) is 11.3. The summed E-state index contributed by atoms with van der Waals surface area (Å²) < 4.78 is 24.4. The number of unbranched alkanes of at least 4 members (excludes halogenated alkanes) is 3. The number of aromatic carboxylic acids is 1. The maximum Gasteiger partial charge on any atom is 0.336 e. The molecule has 5 heteroatoms. The van der Waals surface area contributed by atoms with Gasteiger partial charge in [-0.15, -0.1) is 0 Å². The van der Waals surface area contributed by atoms with Gasteiger partial charge in [-0.25, -0.2) is 13.2 Å². The number of rotatable bonds is 8. The van der Waals surface area contributed by atoms with Crippen LogP contribution in [0.25, 0.3) is 0 Å². The molecule has 0 spiro atoms. The zero-order valence-electron chi connectivity index (χ0n) is 12.1. The predicted octanol–water partition coefficient (Wildman–Crippen LogP) is 3.30. The molecular formula is C15H22O4S. The van der Waals surface area contributed by atoms with Gasteiger partial charge in [0.05, 0.1) is 16.2 Å². The molecule has 112 valence electrons. The van der Waals surface area contributed by atoms with E-state index in [4.69, 9.17) is 5.11 Å². The Morgan fingerprint density at radius 2 is 1.85 bits per heavy atom. The highest BCUT2D eigenvalue weighted by Gasteiger charge is 2.18. The molecule has 1 N–H and O–H groups in total. The molecule has 0 heterocycles. The fourth-order valence-electron chi connectivity index (χ4n) is 2.09. The maximum absolute atomic E-state index is 12.2. The van der Waals surface area contributed by atoms with Crippen molar-refractivity contribution in [1.82, 2.24) is 0 Å². The number of hydrogen-bond donors (Lipinski definition) is 1. The van der Waals surface area contributed by atoms with Gasteiger partial charge in [0, 0.05) is 0 Å². The van der Waals surface area contributed by atoms with Gasteiger partial charge in [0.1, 0.15) is 0 Å². The fourth-order valence-corrected chi connectivity index (χ4v) is 3.49. The highest BCUT2D eigenvalue weighted by molar-refractivity contribution is 7.91. The highest BCUT2D eigenvalue weighted by Crippen LogP contribution is 2.19. The molecule has 0 unspecified atom stereocenters. The second-order valence-electron chi connectivity index (χ2n) is 4.86. The van der Waals surface area contributed by atoms with Crippen molar-refractivity contribution in [3.05, 3.63) is 29.3 Å². The summed E-state index contributed by atoms with van der Waals surface area (Å²) in [6.45, 7) is 3.91. The average molecular weight is 298 g/mol. The molecule has 0 radical (unpaired) electrons. The molecular weight excluding hydrogens is 276 g/mol. The van der Waals surface area contributed by atoms with Gasteiger partial charge in [0.2, 0.25) is 0 Å². The lowest BCUT2D eigenvalue weighted by atomic mass is 10.1. The number of sulfone groups is 1. The van der Waals surface area contributed by atoms with Gasteiger partial charge >= 0.3 is 5.97 Å². The highest BCUT2D eigenvalue weighted by atomic mass is 32.2. The molecule has 0 atom stereocenters. The maximum atomic E-state index is 12.2. The van der Waals surface area contributed by atoms with Gasteiger partial charge in [-0.05, 0) is 30.5 Å². The van der Waals surface area contributed by atoms with Crippen LogP contribution < -0.4 is 0 Å². The van der Waals surface area contributed by atoms with E-state index in [-0.39, 0.29) is 16.2 Å². The van der Waals surface area contributed by atoms with E-state index in [1.165, 1.54) is 12.1 Å². The van der Waals surface area contributed by atoms with Crippen LogP contribution in [-0.4, -0.2) is 25.2 Å². The molecule has 0 aromatic heterocycles. The number of benzene rings is 1. The number of aryl methyl sites for hydroxylation is 1. The first-order valence-corrected chi connectivity index (χ1v) is 8.66. The monoisotopic (exact) mass is 298 g/mol. The van der Waals surface area contributed by atoms with Gasteiger partial charge < -0.3 is 5.11 Å². The third-order valence-electron chi connectivity index (χ3n) is 3.32. The fraction of sp³-hybridized carbons (Fsp3) is 0.533.